The standard InChI is InChI=1S/C18H24N4O3/c1-3-15-14-9-8-12(18(24)19-11-17(23)21-25-2)10-16(14)22(20-15)13-6-4-5-7-13/h8-10,13H,3-7,11H2,1-2H3,(H,19,24)(H,21,23). The minimum Gasteiger partial charge on any atom is -0.343 e. The van der Waals surface area contributed by atoms with E-state index in [1.165, 1.54) is 20.0 Å². The number of hydrogen-bond donors (Lipinski definition) is 2. The van der Waals surface area contributed by atoms with Crippen LogP contribution < -0.4 is 10.8 Å². The molecule has 1 heterocycles. The highest BCUT2D eigenvalue weighted by Crippen LogP contribution is 2.33. The number of aromatic nitrogens is 2. The van der Waals surface area contributed by atoms with Gasteiger partial charge in [-0.3, -0.25) is 19.1 Å². The molecule has 7 nitrogen and oxygen atoms in total. The zero-order valence-electron chi connectivity index (χ0n) is 14.7. The van der Waals surface area contributed by atoms with Crippen molar-refractivity contribution >= 4 is 22.7 Å². The number of carbonyl (C=O) groups excluding carboxylic acids is 2. The second-order valence-electron chi connectivity index (χ2n) is 6.33. The van der Waals surface area contributed by atoms with Crippen LogP contribution in [0, 0.1) is 0 Å². The van der Waals surface area contributed by atoms with Crippen molar-refractivity contribution in [2.45, 2.75) is 45.1 Å². The van der Waals surface area contributed by atoms with Gasteiger partial charge >= 0.3 is 0 Å². The molecule has 2 aromatic rings. The summed E-state index contributed by atoms with van der Waals surface area (Å²) in [4.78, 5) is 28.3. The third-order valence-electron chi connectivity index (χ3n) is 4.68. The first-order valence-electron chi connectivity index (χ1n) is 8.75. The van der Waals surface area contributed by atoms with Crippen molar-refractivity contribution in [3.05, 3.63) is 29.5 Å². The minimum atomic E-state index is -0.402. The Labute approximate surface area is 146 Å². The predicted octanol–water partition coefficient (Wildman–Crippen LogP) is 2.12. The second-order valence-corrected chi connectivity index (χ2v) is 6.33. The maximum Gasteiger partial charge on any atom is 0.262 e. The van der Waals surface area contributed by atoms with Crippen molar-refractivity contribution < 1.29 is 14.4 Å². The van der Waals surface area contributed by atoms with Crippen molar-refractivity contribution in [3.8, 4) is 0 Å². The van der Waals surface area contributed by atoms with E-state index in [2.05, 4.69) is 27.2 Å². The first-order chi connectivity index (χ1) is 12.1. The molecule has 3 rings (SSSR count). The van der Waals surface area contributed by atoms with Crippen LogP contribution >= 0.6 is 0 Å². The van der Waals surface area contributed by atoms with Crippen molar-refractivity contribution in [2.75, 3.05) is 13.7 Å². The first-order valence-corrected chi connectivity index (χ1v) is 8.75. The summed E-state index contributed by atoms with van der Waals surface area (Å²) < 4.78 is 2.09. The maximum absolute atomic E-state index is 12.3. The molecule has 1 saturated carbocycles. The van der Waals surface area contributed by atoms with Gasteiger partial charge in [0.2, 0.25) is 0 Å². The fourth-order valence-corrected chi connectivity index (χ4v) is 3.45. The molecule has 1 aliphatic rings. The van der Waals surface area contributed by atoms with E-state index in [0.717, 1.165) is 35.9 Å². The number of carbonyl (C=O) groups is 2. The Morgan fingerprint density at radius 3 is 2.76 bits per heavy atom. The summed E-state index contributed by atoms with van der Waals surface area (Å²) in [7, 11) is 1.35. The molecule has 1 aliphatic carbocycles. The Bertz CT molecular complexity index is 778. The van der Waals surface area contributed by atoms with Crippen LogP contribution in [0.3, 0.4) is 0 Å². The van der Waals surface area contributed by atoms with E-state index >= 15 is 0 Å². The molecule has 1 fully saturated rings. The third-order valence-corrected chi connectivity index (χ3v) is 4.68. The van der Waals surface area contributed by atoms with Crippen LogP contribution in [0.5, 0.6) is 0 Å². The SMILES string of the molecule is CCc1nn(C2CCCC2)c2cc(C(=O)NCC(=O)NOC)ccc12. The van der Waals surface area contributed by atoms with Gasteiger partial charge in [-0.15, -0.1) is 0 Å². The normalized spacial score (nSPS) is 14.8. The average Bonchev–Trinajstić information content (AvgIpc) is 3.26. The molecule has 134 valence electrons. The van der Waals surface area contributed by atoms with Crippen LogP contribution in [0.15, 0.2) is 18.2 Å². The number of benzene rings is 1. The predicted molar refractivity (Wildman–Crippen MR) is 94.1 cm³/mol. The molecule has 0 spiro atoms. The lowest BCUT2D eigenvalue weighted by Crippen LogP contribution is -2.36. The Morgan fingerprint density at radius 1 is 1.32 bits per heavy atom. The number of nitrogens with zero attached hydrogens (tertiary/aromatic N) is 2. The number of hydroxylamine groups is 1. The zero-order chi connectivity index (χ0) is 17.8. The molecule has 2 amide bonds. The average molecular weight is 344 g/mol. The highest BCUT2D eigenvalue weighted by molar-refractivity contribution is 5.99. The highest BCUT2D eigenvalue weighted by Gasteiger charge is 2.22. The summed E-state index contributed by atoms with van der Waals surface area (Å²) in [5.41, 5.74) is 4.76. The molecule has 0 saturated heterocycles. The Morgan fingerprint density at radius 2 is 2.08 bits per heavy atom. The quantitative estimate of drug-likeness (QED) is 0.786. The summed E-state index contributed by atoms with van der Waals surface area (Å²) in [6.45, 7) is 1.96. The monoisotopic (exact) mass is 344 g/mol. The number of nitrogens with one attached hydrogen (secondary N) is 2. The molecule has 1 aromatic carbocycles. The maximum atomic E-state index is 12.3. The van der Waals surface area contributed by atoms with Gasteiger partial charge in [-0.25, -0.2) is 5.48 Å². The van der Waals surface area contributed by atoms with E-state index < -0.39 is 5.91 Å². The first kappa shape index (κ1) is 17.4. The summed E-state index contributed by atoms with van der Waals surface area (Å²) in [6, 6.07) is 6.03. The number of rotatable bonds is 6. The lowest BCUT2D eigenvalue weighted by atomic mass is 10.1. The molecular formula is C18H24N4O3. The number of hydrogen-bond acceptors (Lipinski definition) is 4. The summed E-state index contributed by atoms with van der Waals surface area (Å²) in [6.07, 6.45) is 5.57. The summed E-state index contributed by atoms with van der Waals surface area (Å²) >= 11 is 0. The van der Waals surface area contributed by atoms with E-state index in [1.54, 1.807) is 6.07 Å². The van der Waals surface area contributed by atoms with Gasteiger partial charge < -0.3 is 5.32 Å². The number of aryl methyl sites for hydroxylation is 1. The smallest absolute Gasteiger partial charge is 0.262 e. The molecular weight excluding hydrogens is 320 g/mol. The van der Waals surface area contributed by atoms with Gasteiger partial charge in [0.15, 0.2) is 0 Å². The lowest BCUT2D eigenvalue weighted by molar-refractivity contribution is -0.130. The molecule has 7 heteroatoms. The Kier molecular flexibility index (Phi) is 5.33. The van der Waals surface area contributed by atoms with Crippen LogP contribution in [-0.4, -0.2) is 35.2 Å². The molecule has 0 unspecified atom stereocenters. The number of fused-ring (bicyclic) bond motifs is 1. The molecule has 0 bridgehead atoms. The molecule has 2 N–H and O–H groups in total. The summed E-state index contributed by atoms with van der Waals surface area (Å²) in [5, 5.41) is 8.49. The molecule has 0 atom stereocenters. The fourth-order valence-electron chi connectivity index (χ4n) is 3.45. The van der Waals surface area contributed by atoms with Crippen LogP contribution in [0.25, 0.3) is 10.9 Å². The largest absolute Gasteiger partial charge is 0.343 e. The van der Waals surface area contributed by atoms with E-state index in [9.17, 15) is 9.59 Å². The van der Waals surface area contributed by atoms with Crippen LogP contribution in [0.4, 0.5) is 0 Å². The van der Waals surface area contributed by atoms with Gasteiger partial charge in [-0.1, -0.05) is 25.8 Å². The van der Waals surface area contributed by atoms with Gasteiger partial charge in [0.05, 0.1) is 30.9 Å². The van der Waals surface area contributed by atoms with Gasteiger partial charge in [-0.05, 0) is 31.4 Å². The fraction of sp³-hybridized carbons (Fsp3) is 0.500. The van der Waals surface area contributed by atoms with Gasteiger partial charge in [-0.2, -0.15) is 5.10 Å². The highest BCUT2D eigenvalue weighted by atomic mass is 16.6. The lowest BCUT2D eigenvalue weighted by Gasteiger charge is -2.12. The van der Waals surface area contributed by atoms with E-state index in [1.807, 2.05) is 12.1 Å². The second kappa shape index (κ2) is 7.65. The zero-order valence-corrected chi connectivity index (χ0v) is 14.7. The van der Waals surface area contributed by atoms with Crippen molar-refractivity contribution in [2.24, 2.45) is 0 Å². The van der Waals surface area contributed by atoms with E-state index in [4.69, 9.17) is 5.10 Å². The van der Waals surface area contributed by atoms with Crippen molar-refractivity contribution in [3.63, 3.8) is 0 Å². The van der Waals surface area contributed by atoms with Gasteiger partial charge in [0.1, 0.15) is 0 Å². The molecule has 1 aromatic heterocycles. The molecule has 0 radical (unpaired) electrons. The van der Waals surface area contributed by atoms with Gasteiger partial charge in [0, 0.05) is 10.9 Å². The molecule has 25 heavy (non-hydrogen) atoms. The molecule has 0 aliphatic heterocycles. The van der Waals surface area contributed by atoms with Gasteiger partial charge in [0.25, 0.3) is 11.8 Å². The topological polar surface area (TPSA) is 85.2 Å². The van der Waals surface area contributed by atoms with Crippen LogP contribution in [0.1, 0.15) is 54.7 Å². The van der Waals surface area contributed by atoms with Crippen LogP contribution in [0.2, 0.25) is 0 Å². The summed E-state index contributed by atoms with van der Waals surface area (Å²) in [5.74, 6) is -0.688. The van der Waals surface area contributed by atoms with Crippen molar-refractivity contribution in [1.82, 2.24) is 20.6 Å². The Hall–Kier alpha value is -2.41. The Balaban J connectivity index is 1.86. The van der Waals surface area contributed by atoms with Crippen LogP contribution in [-0.2, 0) is 16.1 Å². The minimum absolute atomic E-state index is 0.132. The third kappa shape index (κ3) is 3.66. The van der Waals surface area contributed by atoms with E-state index in [-0.39, 0.29) is 12.5 Å². The van der Waals surface area contributed by atoms with E-state index in [0.29, 0.717) is 11.6 Å². The van der Waals surface area contributed by atoms with Crippen molar-refractivity contribution in [1.29, 1.82) is 0 Å². The number of amides is 2.